The fraction of sp³-hybridized carbons (Fsp3) is 0.357. The van der Waals surface area contributed by atoms with Gasteiger partial charge in [0.05, 0.1) is 23.5 Å². The minimum Gasteiger partial charge on any atom is -0.383 e. The average Bonchev–Trinajstić information content (AvgIpc) is 2.91. The lowest BCUT2D eigenvalue weighted by molar-refractivity contribution is 0.202. The molecule has 114 valence electrons. The Bertz CT molecular complexity index is 617. The van der Waals surface area contributed by atoms with E-state index >= 15 is 0 Å². The number of benzene rings is 1. The molecule has 0 bridgehead atoms. The Morgan fingerprint density at radius 3 is 3.05 bits per heavy atom. The maximum atomic E-state index is 13.8. The Hall–Kier alpha value is -1.70. The van der Waals surface area contributed by atoms with Crippen molar-refractivity contribution in [1.29, 1.82) is 0 Å². The molecule has 0 spiro atoms. The number of carbonyl (C=O) groups excluding carboxylic acids is 1. The summed E-state index contributed by atoms with van der Waals surface area (Å²) in [4.78, 5) is 13.8. The van der Waals surface area contributed by atoms with Crippen molar-refractivity contribution < 1.29 is 13.9 Å². The van der Waals surface area contributed by atoms with Gasteiger partial charge < -0.3 is 15.8 Å². The van der Waals surface area contributed by atoms with Gasteiger partial charge in [-0.1, -0.05) is 12.1 Å². The van der Waals surface area contributed by atoms with Gasteiger partial charge in [-0.2, -0.15) is 0 Å². The van der Waals surface area contributed by atoms with Crippen LogP contribution in [0.15, 0.2) is 23.6 Å². The fourth-order valence-corrected chi connectivity index (χ4v) is 2.97. The van der Waals surface area contributed by atoms with E-state index in [-0.39, 0.29) is 11.8 Å². The summed E-state index contributed by atoms with van der Waals surface area (Å²) in [5, 5.41) is 5.23. The van der Waals surface area contributed by atoms with E-state index in [1.54, 1.807) is 29.5 Å². The molecule has 0 aliphatic carbocycles. The summed E-state index contributed by atoms with van der Waals surface area (Å²) in [6.45, 7) is 1.53. The maximum Gasteiger partial charge on any atom is 0.322 e. The Morgan fingerprint density at radius 1 is 1.52 bits per heavy atom. The quantitative estimate of drug-likeness (QED) is 0.859. The number of fused-ring (bicyclic) bond motifs is 1. The number of ether oxygens (including phenoxy) is 1. The Balaban J connectivity index is 2.34. The summed E-state index contributed by atoms with van der Waals surface area (Å²) in [6.07, 6.45) is 0. The minimum absolute atomic E-state index is 0.263. The van der Waals surface area contributed by atoms with Crippen LogP contribution in [0.2, 0.25) is 0 Å². The Kier molecular flexibility index (Phi) is 5.49. The van der Waals surface area contributed by atoms with E-state index in [0.29, 0.717) is 36.6 Å². The smallest absolute Gasteiger partial charge is 0.322 e. The van der Waals surface area contributed by atoms with Crippen LogP contribution >= 0.6 is 11.3 Å². The van der Waals surface area contributed by atoms with E-state index in [0.717, 1.165) is 5.39 Å². The van der Waals surface area contributed by atoms with Crippen molar-refractivity contribution in [3.8, 4) is 0 Å². The third-order valence-corrected chi connectivity index (χ3v) is 4.00. The zero-order valence-corrected chi connectivity index (χ0v) is 12.6. The molecular formula is C14H18FN3O2S. The summed E-state index contributed by atoms with van der Waals surface area (Å²) < 4.78 is 19.4. The standard InChI is InChI=1S/C14H18FN3O2S/c1-20-8-7-18(14(19)17-6-5-16)12-9-21-13-10(12)3-2-4-11(13)15/h2-4,9H,5-8,16H2,1H3,(H,17,19). The number of nitrogens with one attached hydrogen (secondary N) is 1. The molecular weight excluding hydrogens is 293 g/mol. The maximum absolute atomic E-state index is 13.8. The Morgan fingerprint density at radius 2 is 2.33 bits per heavy atom. The van der Waals surface area contributed by atoms with E-state index < -0.39 is 0 Å². The van der Waals surface area contributed by atoms with Gasteiger partial charge in [-0.15, -0.1) is 11.3 Å². The van der Waals surface area contributed by atoms with Crippen molar-refractivity contribution in [2.75, 3.05) is 38.3 Å². The number of rotatable bonds is 6. The highest BCUT2D eigenvalue weighted by molar-refractivity contribution is 7.17. The first kappa shape index (κ1) is 15.7. The normalized spacial score (nSPS) is 10.8. The first-order valence-corrected chi connectivity index (χ1v) is 7.47. The van der Waals surface area contributed by atoms with Gasteiger partial charge in [0.2, 0.25) is 0 Å². The number of hydrogen-bond acceptors (Lipinski definition) is 4. The molecule has 0 aliphatic rings. The van der Waals surface area contributed by atoms with Crippen molar-refractivity contribution in [3.05, 3.63) is 29.4 Å². The molecule has 0 fully saturated rings. The van der Waals surface area contributed by atoms with Gasteiger partial charge >= 0.3 is 6.03 Å². The predicted octanol–water partition coefficient (Wildman–Crippen LogP) is 2.16. The fourth-order valence-electron chi connectivity index (χ4n) is 2.01. The zero-order valence-electron chi connectivity index (χ0n) is 11.8. The van der Waals surface area contributed by atoms with E-state index in [9.17, 15) is 9.18 Å². The summed E-state index contributed by atoms with van der Waals surface area (Å²) in [6, 6.07) is 4.60. The highest BCUT2D eigenvalue weighted by atomic mass is 32.1. The number of thiophene rings is 1. The molecule has 0 radical (unpaired) electrons. The highest BCUT2D eigenvalue weighted by Gasteiger charge is 2.19. The van der Waals surface area contributed by atoms with Gasteiger partial charge in [0.25, 0.3) is 0 Å². The van der Waals surface area contributed by atoms with Gasteiger partial charge in [0.1, 0.15) is 5.82 Å². The SMILES string of the molecule is COCCN(C(=O)NCCN)c1csc2c(F)cccc12. The molecule has 21 heavy (non-hydrogen) atoms. The molecule has 0 atom stereocenters. The molecule has 0 saturated carbocycles. The van der Waals surface area contributed by atoms with Crippen LogP contribution in [0.3, 0.4) is 0 Å². The minimum atomic E-state index is -0.280. The van der Waals surface area contributed by atoms with E-state index in [1.165, 1.54) is 17.4 Å². The van der Waals surface area contributed by atoms with Crippen LogP contribution in [0.5, 0.6) is 0 Å². The lowest BCUT2D eigenvalue weighted by Gasteiger charge is -2.22. The van der Waals surface area contributed by atoms with Gasteiger partial charge in [-0.05, 0) is 6.07 Å². The summed E-state index contributed by atoms with van der Waals surface area (Å²) in [7, 11) is 1.57. The van der Waals surface area contributed by atoms with Crippen molar-refractivity contribution in [3.63, 3.8) is 0 Å². The molecule has 2 amide bonds. The van der Waals surface area contributed by atoms with Gasteiger partial charge in [-0.3, -0.25) is 4.90 Å². The van der Waals surface area contributed by atoms with Crippen LogP contribution in [0.4, 0.5) is 14.9 Å². The van der Waals surface area contributed by atoms with Crippen molar-refractivity contribution in [2.24, 2.45) is 5.73 Å². The zero-order chi connectivity index (χ0) is 15.2. The first-order valence-electron chi connectivity index (χ1n) is 6.59. The van der Waals surface area contributed by atoms with Crippen LogP contribution in [0, 0.1) is 5.82 Å². The van der Waals surface area contributed by atoms with Crippen LogP contribution < -0.4 is 16.0 Å². The highest BCUT2D eigenvalue weighted by Crippen LogP contribution is 2.34. The second kappa shape index (κ2) is 7.35. The van der Waals surface area contributed by atoms with Crippen LogP contribution in [-0.4, -0.2) is 39.4 Å². The molecule has 2 aromatic rings. The van der Waals surface area contributed by atoms with Gasteiger partial charge in [0, 0.05) is 31.0 Å². The molecule has 0 aliphatic heterocycles. The molecule has 1 heterocycles. The van der Waals surface area contributed by atoms with Crippen LogP contribution in [0.1, 0.15) is 0 Å². The topological polar surface area (TPSA) is 67.6 Å². The summed E-state index contributed by atoms with van der Waals surface area (Å²) in [5.41, 5.74) is 6.08. The van der Waals surface area contributed by atoms with Crippen LogP contribution in [-0.2, 0) is 4.74 Å². The van der Waals surface area contributed by atoms with Crippen molar-refractivity contribution >= 4 is 33.1 Å². The number of urea groups is 1. The second-order valence-electron chi connectivity index (χ2n) is 4.40. The number of methoxy groups -OCH3 is 1. The van der Waals surface area contributed by atoms with E-state index in [1.807, 2.05) is 0 Å². The molecule has 5 nitrogen and oxygen atoms in total. The lowest BCUT2D eigenvalue weighted by atomic mass is 10.2. The number of carbonyl (C=O) groups is 1. The van der Waals surface area contributed by atoms with E-state index in [2.05, 4.69) is 5.32 Å². The van der Waals surface area contributed by atoms with Gasteiger partial charge in [0.15, 0.2) is 0 Å². The first-order chi connectivity index (χ1) is 10.2. The number of anilines is 1. The van der Waals surface area contributed by atoms with Crippen LogP contribution in [0.25, 0.3) is 10.1 Å². The molecule has 0 saturated heterocycles. The van der Waals surface area contributed by atoms with Gasteiger partial charge in [-0.25, -0.2) is 9.18 Å². The Labute approximate surface area is 126 Å². The number of amides is 2. The summed E-state index contributed by atoms with van der Waals surface area (Å²) in [5.74, 6) is -0.280. The lowest BCUT2D eigenvalue weighted by Crippen LogP contribution is -2.43. The number of halogens is 1. The second-order valence-corrected chi connectivity index (χ2v) is 5.28. The summed E-state index contributed by atoms with van der Waals surface area (Å²) >= 11 is 1.28. The number of hydrogen-bond donors (Lipinski definition) is 2. The largest absolute Gasteiger partial charge is 0.383 e. The van der Waals surface area contributed by atoms with Crippen molar-refractivity contribution in [2.45, 2.75) is 0 Å². The van der Waals surface area contributed by atoms with Crippen molar-refractivity contribution in [1.82, 2.24) is 5.32 Å². The van der Waals surface area contributed by atoms with E-state index in [4.69, 9.17) is 10.5 Å². The molecule has 3 N–H and O–H groups in total. The monoisotopic (exact) mass is 311 g/mol. The molecule has 0 unspecified atom stereocenters. The third kappa shape index (κ3) is 3.49. The molecule has 2 rings (SSSR count). The predicted molar refractivity (Wildman–Crippen MR) is 83.5 cm³/mol. The number of nitrogens with zero attached hydrogens (tertiary/aromatic N) is 1. The third-order valence-electron chi connectivity index (χ3n) is 3.01. The average molecular weight is 311 g/mol. The molecule has 1 aromatic heterocycles. The molecule has 1 aromatic carbocycles. The number of nitrogens with two attached hydrogens (primary N) is 1. The molecule has 7 heteroatoms.